The summed E-state index contributed by atoms with van der Waals surface area (Å²) in [5, 5.41) is 11.7. The zero-order valence-corrected chi connectivity index (χ0v) is 19.3. The summed E-state index contributed by atoms with van der Waals surface area (Å²) < 4.78 is 65.6. The van der Waals surface area contributed by atoms with Crippen LogP contribution in [0.25, 0.3) is 16.6 Å². The molecule has 0 bridgehead atoms. The molecule has 2 aromatic carbocycles. The number of nitrogen functional groups attached to an aromatic ring is 1. The third-order valence-corrected chi connectivity index (χ3v) is 5.99. The van der Waals surface area contributed by atoms with Crippen LogP contribution in [0.3, 0.4) is 0 Å². The van der Waals surface area contributed by atoms with Crippen LogP contribution in [0.15, 0.2) is 29.2 Å². The molecule has 1 fully saturated rings. The van der Waals surface area contributed by atoms with Gasteiger partial charge < -0.3 is 30.4 Å². The summed E-state index contributed by atoms with van der Waals surface area (Å²) in [5.41, 5.74) is 1.27. The van der Waals surface area contributed by atoms with Gasteiger partial charge in [0.25, 0.3) is 0 Å². The van der Waals surface area contributed by atoms with Gasteiger partial charge in [-0.05, 0) is 19.2 Å². The van der Waals surface area contributed by atoms with Crippen LogP contribution < -0.4 is 21.4 Å². The number of carboxylic acid groups (broad SMARTS) is 1. The summed E-state index contributed by atoms with van der Waals surface area (Å²) in [6.45, 7) is 0.194. The van der Waals surface area contributed by atoms with Crippen molar-refractivity contribution in [1.29, 1.82) is 0 Å². The van der Waals surface area contributed by atoms with Crippen LogP contribution >= 0.6 is 12.4 Å². The van der Waals surface area contributed by atoms with E-state index in [1.165, 1.54) is 12.0 Å². The highest BCUT2D eigenvalue weighted by Gasteiger charge is 2.37. The molecule has 35 heavy (non-hydrogen) atoms. The van der Waals surface area contributed by atoms with Gasteiger partial charge in [-0.3, -0.25) is 4.79 Å². The number of nitrogens with two attached hydrogens (primary N) is 1. The maximum absolute atomic E-state index is 16.0. The van der Waals surface area contributed by atoms with Crippen molar-refractivity contribution >= 4 is 40.7 Å². The molecule has 3 aromatic rings. The molecule has 13 heteroatoms. The molecule has 188 valence electrons. The third-order valence-electron chi connectivity index (χ3n) is 5.99. The monoisotopic (exact) mass is 516 g/mol. The number of methoxy groups -OCH3 is 1. The average Bonchev–Trinajstić information content (AvgIpc) is 3.20. The lowest BCUT2D eigenvalue weighted by Gasteiger charge is -2.23. The van der Waals surface area contributed by atoms with Crippen molar-refractivity contribution in [2.75, 3.05) is 37.9 Å². The number of likely N-dealkylation sites (N-methyl/N-ethyl adjacent to an activating group) is 1. The Morgan fingerprint density at radius 1 is 1.20 bits per heavy atom. The molecule has 4 rings (SSSR count). The number of nitrogens with one attached hydrogen (secondary N) is 1. The fraction of sp³-hybridized carbons (Fsp3) is 0.273. The van der Waals surface area contributed by atoms with E-state index >= 15 is 8.78 Å². The summed E-state index contributed by atoms with van der Waals surface area (Å²) in [7, 11) is 3.10. The minimum Gasteiger partial charge on any atom is -0.477 e. The van der Waals surface area contributed by atoms with Crippen molar-refractivity contribution in [3.05, 3.63) is 63.5 Å². The highest BCUT2D eigenvalue weighted by molar-refractivity contribution is 6.00. The maximum Gasteiger partial charge on any atom is 0.341 e. The molecule has 0 radical (unpaired) electrons. The van der Waals surface area contributed by atoms with E-state index in [4.69, 9.17) is 10.5 Å². The number of pyridine rings is 1. The number of aromatic carboxylic acids is 1. The largest absolute Gasteiger partial charge is 0.477 e. The van der Waals surface area contributed by atoms with Gasteiger partial charge in [-0.25, -0.2) is 22.4 Å². The van der Waals surface area contributed by atoms with Crippen LogP contribution in [-0.4, -0.2) is 55.0 Å². The molecular weight excluding hydrogens is 496 g/mol. The minimum absolute atomic E-state index is 0. The van der Waals surface area contributed by atoms with Crippen LogP contribution in [0, 0.1) is 23.3 Å². The zero-order valence-electron chi connectivity index (χ0n) is 18.4. The van der Waals surface area contributed by atoms with Crippen molar-refractivity contribution in [3.8, 4) is 5.69 Å². The summed E-state index contributed by atoms with van der Waals surface area (Å²) in [6, 6.07) is 2.03. The quantitative estimate of drug-likeness (QED) is 0.353. The molecule has 1 aromatic heterocycles. The molecule has 0 saturated carbocycles. The van der Waals surface area contributed by atoms with E-state index in [1.807, 2.05) is 0 Å². The number of rotatable bonds is 5. The van der Waals surface area contributed by atoms with E-state index < -0.39 is 74.3 Å². The predicted octanol–water partition coefficient (Wildman–Crippen LogP) is 2.67. The Morgan fingerprint density at radius 2 is 1.89 bits per heavy atom. The Labute approximate surface area is 202 Å². The SMILES string of the molecule is CNC1CN(c2c(F)c(N)c3c(=O)c(C(=O)O)cn(-c4ccc(F)cc4F)c3c2F)CC1OC.Cl. The van der Waals surface area contributed by atoms with Gasteiger partial charge >= 0.3 is 5.97 Å². The molecule has 1 aliphatic rings. The van der Waals surface area contributed by atoms with E-state index in [-0.39, 0.29) is 31.5 Å². The van der Waals surface area contributed by atoms with Crippen molar-refractivity contribution in [1.82, 2.24) is 9.88 Å². The molecule has 0 amide bonds. The lowest BCUT2D eigenvalue weighted by molar-refractivity contribution is 0.0695. The van der Waals surface area contributed by atoms with E-state index in [2.05, 4.69) is 5.32 Å². The van der Waals surface area contributed by atoms with Gasteiger partial charge in [-0.1, -0.05) is 0 Å². The third kappa shape index (κ3) is 4.17. The number of carboxylic acids is 1. The highest BCUT2D eigenvalue weighted by Crippen LogP contribution is 2.38. The molecular formula is C22H21ClF4N4O4. The molecule has 0 spiro atoms. The van der Waals surface area contributed by atoms with E-state index in [0.717, 1.165) is 16.7 Å². The second kappa shape index (κ2) is 9.72. The van der Waals surface area contributed by atoms with Gasteiger partial charge in [0.2, 0.25) is 5.43 Å². The smallest absolute Gasteiger partial charge is 0.341 e. The Bertz CT molecular complexity index is 1370. The van der Waals surface area contributed by atoms with E-state index in [0.29, 0.717) is 12.3 Å². The molecule has 2 unspecified atom stereocenters. The fourth-order valence-corrected chi connectivity index (χ4v) is 4.30. The number of hydrogen-bond donors (Lipinski definition) is 3. The molecule has 0 aliphatic carbocycles. The van der Waals surface area contributed by atoms with Gasteiger partial charge in [0.1, 0.15) is 22.9 Å². The Kier molecular flexibility index (Phi) is 7.29. The first kappa shape index (κ1) is 26.3. The highest BCUT2D eigenvalue weighted by atomic mass is 35.5. The molecule has 2 atom stereocenters. The standard InChI is InChI=1S/C22H20F4N4O4.ClH/c1-28-12-7-29(8-14(12)34-2)20-16(25)18(27)15-19(17(20)26)30(6-10(21(15)31)22(32)33)13-4-3-9(23)5-11(13)24;/h3-6,12,14,28H,7-8,27H2,1-2H3,(H,32,33);1H. The molecule has 1 saturated heterocycles. The Hall–Kier alpha value is -3.35. The first-order chi connectivity index (χ1) is 16.1. The summed E-state index contributed by atoms with van der Waals surface area (Å²) in [6.07, 6.45) is 0.276. The number of aromatic nitrogens is 1. The van der Waals surface area contributed by atoms with Crippen LogP contribution in [0.4, 0.5) is 28.9 Å². The van der Waals surface area contributed by atoms with Gasteiger partial charge in [-0.15, -0.1) is 12.4 Å². The number of carbonyl (C=O) groups is 1. The summed E-state index contributed by atoms with van der Waals surface area (Å²) in [5.74, 6) is -6.33. The number of halogens is 5. The van der Waals surface area contributed by atoms with E-state index in [9.17, 15) is 23.5 Å². The summed E-state index contributed by atoms with van der Waals surface area (Å²) in [4.78, 5) is 25.8. The van der Waals surface area contributed by atoms with E-state index in [1.54, 1.807) is 7.05 Å². The number of nitrogens with zero attached hydrogens (tertiary/aromatic N) is 2. The predicted molar refractivity (Wildman–Crippen MR) is 124 cm³/mol. The van der Waals surface area contributed by atoms with Gasteiger partial charge in [0, 0.05) is 32.5 Å². The van der Waals surface area contributed by atoms with Crippen LogP contribution in [-0.2, 0) is 4.74 Å². The first-order valence-electron chi connectivity index (χ1n) is 10.1. The first-order valence-corrected chi connectivity index (χ1v) is 10.1. The molecule has 8 nitrogen and oxygen atoms in total. The molecule has 1 aliphatic heterocycles. The second-order valence-corrected chi connectivity index (χ2v) is 7.83. The van der Waals surface area contributed by atoms with Gasteiger partial charge in [-0.2, -0.15) is 0 Å². The number of ether oxygens (including phenoxy) is 1. The second-order valence-electron chi connectivity index (χ2n) is 7.83. The number of benzene rings is 2. The number of fused-ring (bicyclic) bond motifs is 1. The van der Waals surface area contributed by atoms with Crippen molar-refractivity contribution in [3.63, 3.8) is 0 Å². The number of hydrogen-bond acceptors (Lipinski definition) is 6. The van der Waals surface area contributed by atoms with Crippen molar-refractivity contribution < 1.29 is 32.2 Å². The number of anilines is 2. The maximum atomic E-state index is 16.0. The molecule has 2 heterocycles. The lowest BCUT2D eigenvalue weighted by atomic mass is 10.1. The minimum atomic E-state index is -1.72. The lowest BCUT2D eigenvalue weighted by Crippen LogP contribution is -2.37. The summed E-state index contributed by atoms with van der Waals surface area (Å²) >= 11 is 0. The van der Waals surface area contributed by atoms with Crippen LogP contribution in [0.2, 0.25) is 0 Å². The Balaban J connectivity index is 0.00000342. The van der Waals surface area contributed by atoms with Crippen LogP contribution in [0.1, 0.15) is 10.4 Å². The van der Waals surface area contributed by atoms with Gasteiger partial charge in [0.05, 0.1) is 34.4 Å². The average molecular weight is 517 g/mol. The van der Waals surface area contributed by atoms with Crippen molar-refractivity contribution in [2.24, 2.45) is 0 Å². The normalized spacial score (nSPS) is 17.6. The van der Waals surface area contributed by atoms with Gasteiger partial charge in [0.15, 0.2) is 11.6 Å². The fourth-order valence-electron chi connectivity index (χ4n) is 4.30. The van der Waals surface area contributed by atoms with Crippen molar-refractivity contribution in [2.45, 2.75) is 12.1 Å². The molecule has 4 N–H and O–H groups in total. The van der Waals surface area contributed by atoms with Crippen LogP contribution in [0.5, 0.6) is 0 Å². The topological polar surface area (TPSA) is 110 Å². The Morgan fingerprint density at radius 3 is 2.43 bits per heavy atom. The zero-order chi connectivity index (χ0) is 24.9.